The summed E-state index contributed by atoms with van der Waals surface area (Å²) in [5, 5.41) is 6.94. The second kappa shape index (κ2) is 21.2. The summed E-state index contributed by atoms with van der Waals surface area (Å²) < 4.78 is 27.1. The van der Waals surface area contributed by atoms with E-state index < -0.39 is 11.2 Å². The van der Waals surface area contributed by atoms with Crippen LogP contribution < -0.4 is 5.32 Å². The lowest BCUT2D eigenvalue weighted by molar-refractivity contribution is 0.0212. The molecular formula is C49H70N6O4. The summed E-state index contributed by atoms with van der Waals surface area (Å²) in [7, 11) is 0. The van der Waals surface area contributed by atoms with Gasteiger partial charge in [0.15, 0.2) is 2.82 Å². The summed E-state index contributed by atoms with van der Waals surface area (Å²) in [6.07, 6.45) is 2.14. The molecule has 0 bridgehead atoms. The van der Waals surface area contributed by atoms with E-state index in [-0.39, 0.29) is 12.2 Å². The number of fused-ring (bicyclic) bond motifs is 9. The number of ether oxygens (including phenoxy) is 2. The Hall–Kier alpha value is -5.22. The second-order valence-corrected chi connectivity index (χ2v) is 16.0. The Morgan fingerprint density at radius 1 is 0.559 bits per heavy atom. The highest BCUT2D eigenvalue weighted by Crippen LogP contribution is 2.30. The number of amides is 2. The number of carbonyl (C=O) groups excluding carboxylic acids is 2. The van der Waals surface area contributed by atoms with Gasteiger partial charge in [-0.3, -0.25) is 0 Å². The third-order valence-electron chi connectivity index (χ3n) is 9.67. The van der Waals surface area contributed by atoms with Crippen molar-refractivity contribution in [2.75, 3.05) is 19.6 Å². The number of H-pyrrole nitrogens is 3. The fourth-order valence-electron chi connectivity index (χ4n) is 7.31. The highest BCUT2D eigenvalue weighted by Gasteiger charge is 2.29. The molecule has 4 N–H and O–H groups in total. The van der Waals surface area contributed by atoms with Gasteiger partial charge in [-0.2, -0.15) is 0 Å². The first-order valence-corrected chi connectivity index (χ1v) is 21.6. The van der Waals surface area contributed by atoms with Crippen LogP contribution in [0.15, 0.2) is 72.8 Å². The third-order valence-corrected chi connectivity index (χ3v) is 9.67. The molecule has 9 rings (SSSR count). The first-order valence-electron chi connectivity index (χ1n) is 22.5. The van der Waals surface area contributed by atoms with Gasteiger partial charge in [-0.1, -0.05) is 96.1 Å². The van der Waals surface area contributed by atoms with Crippen LogP contribution in [-0.4, -0.2) is 67.8 Å². The zero-order chi connectivity index (χ0) is 45.1. The van der Waals surface area contributed by atoms with E-state index in [0.29, 0.717) is 26.2 Å². The summed E-state index contributed by atoms with van der Waals surface area (Å²) in [4.78, 5) is 34.2. The molecular weight excluding hydrogens is 737 g/mol. The van der Waals surface area contributed by atoms with E-state index in [9.17, 15) is 9.59 Å². The molecule has 59 heavy (non-hydrogen) atoms. The van der Waals surface area contributed by atoms with Gasteiger partial charge in [-0.15, -0.1) is 0 Å². The zero-order valence-electron chi connectivity index (χ0n) is 39.7. The van der Waals surface area contributed by atoms with Gasteiger partial charge in [0.2, 0.25) is 0 Å². The Morgan fingerprint density at radius 3 is 1.44 bits per heavy atom. The number of carbonyl (C=O) groups is 2. The third kappa shape index (κ3) is 11.9. The van der Waals surface area contributed by atoms with Crippen LogP contribution in [0.25, 0.3) is 32.7 Å². The minimum absolute atomic E-state index is 0.234. The first-order chi connectivity index (χ1) is 29.2. The standard InChI is InChI=1S/2C16H20N2O2.C11H12N2.3C2H6/c2*1-16(2,3)20-15(19)18-9-8-12-11-6-4-5-7-13(11)17-14(12)10-18;1-2-4-10-8(3-1)9-5-6-12-7-11(9)13-10;3*1-2/h2*4-7,17H,8-10H2,1-3H3;1-4,12-13H,5-7H2;3*1-2H3/i/hT2. The molecule has 0 radical (unpaired) electrons. The monoisotopic (exact) mass is 811 g/mol. The summed E-state index contributed by atoms with van der Waals surface area (Å²) >= 11 is 0. The number of benzene rings is 3. The molecule has 10 heteroatoms. The van der Waals surface area contributed by atoms with Crippen molar-refractivity contribution in [3.8, 4) is 0 Å². The van der Waals surface area contributed by atoms with Gasteiger partial charge >= 0.3 is 12.2 Å². The number of hydrogen-bond donors (Lipinski definition) is 4. The quantitative estimate of drug-likeness (QED) is 0.122. The molecule has 10 nitrogen and oxygen atoms in total. The van der Waals surface area contributed by atoms with E-state index in [1.54, 1.807) is 14.8 Å². The number of nitrogens with zero attached hydrogens (tertiary/aromatic N) is 2. The number of aromatic nitrogens is 3. The largest absolute Gasteiger partial charge is 0.444 e. The first kappa shape index (κ1) is 43.4. The highest BCUT2D eigenvalue weighted by atomic mass is 16.6. The highest BCUT2D eigenvalue weighted by molar-refractivity contribution is 5.87. The summed E-state index contributed by atoms with van der Waals surface area (Å²) in [6, 6.07) is 24.4. The molecule has 3 aliphatic rings. The molecule has 3 aromatic carbocycles. The Morgan fingerprint density at radius 2 is 0.949 bits per heavy atom. The van der Waals surface area contributed by atoms with Gasteiger partial charge in [0.05, 0.1) is 13.1 Å². The van der Waals surface area contributed by atoms with E-state index in [0.717, 1.165) is 71.4 Å². The lowest BCUT2D eigenvalue weighted by Gasteiger charge is -2.30. The lowest BCUT2D eigenvalue weighted by Crippen LogP contribution is -2.39. The minimum atomic E-state index is -0.495. The molecule has 320 valence electrons. The predicted octanol–water partition coefficient (Wildman–Crippen LogP) is 11.8. The van der Waals surface area contributed by atoms with Crippen LogP contribution in [0.4, 0.5) is 9.59 Å². The van der Waals surface area contributed by atoms with Gasteiger partial charge in [-0.05, 0) is 102 Å². The van der Waals surface area contributed by atoms with Crippen LogP contribution in [0.1, 0.15) is 117 Å². The fourth-order valence-corrected chi connectivity index (χ4v) is 7.31. The van der Waals surface area contributed by atoms with Crippen molar-refractivity contribution < 1.29 is 21.9 Å². The van der Waals surface area contributed by atoms with Crippen molar-refractivity contribution in [1.82, 2.24) is 30.1 Å². The molecule has 6 aromatic rings. The molecule has 0 atom stereocenters. The molecule has 2 amide bonds. The van der Waals surface area contributed by atoms with Crippen molar-refractivity contribution in [2.45, 2.75) is 133 Å². The van der Waals surface area contributed by atoms with Crippen molar-refractivity contribution in [1.29, 1.82) is 0 Å². The predicted molar refractivity (Wildman–Crippen MR) is 245 cm³/mol. The summed E-state index contributed by atoms with van der Waals surface area (Å²) in [6.45, 7) is 27.5. The normalized spacial score (nSPS) is 14.6. The molecule has 6 heterocycles. The van der Waals surface area contributed by atoms with Crippen LogP contribution in [0.3, 0.4) is 0 Å². The van der Waals surface area contributed by atoms with E-state index in [4.69, 9.17) is 12.3 Å². The maximum Gasteiger partial charge on any atom is 0.410 e. The molecule has 0 saturated heterocycles. The number of nitrogens with one attached hydrogen (secondary N) is 4. The van der Waals surface area contributed by atoms with Gasteiger partial charge in [0.1, 0.15) is 11.2 Å². The maximum absolute atomic E-state index is 12.2. The number of rotatable bonds is 0. The smallest absolute Gasteiger partial charge is 0.410 e. The van der Waals surface area contributed by atoms with E-state index in [1.807, 2.05) is 132 Å². The Kier molecular flexibility index (Phi) is 15.6. The van der Waals surface area contributed by atoms with Gasteiger partial charge < -0.3 is 39.5 Å². The topological polar surface area (TPSA) is 118 Å². The average Bonchev–Trinajstić information content (AvgIpc) is 3.89. The summed E-state index contributed by atoms with van der Waals surface area (Å²) in [5.74, 6) is 0. The molecule has 3 aromatic heterocycles. The molecule has 0 aliphatic carbocycles. The summed E-state index contributed by atoms with van der Waals surface area (Å²) in [5.41, 5.74) is 9.13. The Bertz CT molecular complexity index is 2360. The van der Waals surface area contributed by atoms with Gasteiger partial charge in [0.25, 0.3) is 0 Å². The number of hydrogen-bond acceptors (Lipinski definition) is 5. The van der Waals surface area contributed by atoms with Crippen LogP contribution in [-0.2, 0) is 48.4 Å². The number of para-hydroxylation sites is 3. The fraction of sp³-hybridized carbons (Fsp3) is 0.469. The molecule has 0 fully saturated rings. The van der Waals surface area contributed by atoms with E-state index in [2.05, 4.69) is 34.6 Å². The second-order valence-electron chi connectivity index (χ2n) is 16.0. The molecule has 0 saturated carbocycles. The van der Waals surface area contributed by atoms with Crippen LogP contribution in [0, 0.1) is 0 Å². The average molecular weight is 811 g/mol. The van der Waals surface area contributed by atoms with E-state index >= 15 is 0 Å². The minimum Gasteiger partial charge on any atom is -0.444 e. The van der Waals surface area contributed by atoms with Gasteiger partial charge in [-0.25, -0.2) is 9.59 Å². The van der Waals surface area contributed by atoms with Crippen molar-refractivity contribution in [3.05, 3.63) is 107 Å². The Labute approximate surface area is 355 Å². The van der Waals surface area contributed by atoms with Crippen LogP contribution >= 0.6 is 0 Å². The van der Waals surface area contributed by atoms with E-state index in [1.165, 1.54) is 32.4 Å². The van der Waals surface area contributed by atoms with Crippen molar-refractivity contribution >= 4 is 44.9 Å². The van der Waals surface area contributed by atoms with Crippen molar-refractivity contribution in [2.24, 2.45) is 0 Å². The van der Waals surface area contributed by atoms with Crippen molar-refractivity contribution in [3.63, 3.8) is 0 Å². The van der Waals surface area contributed by atoms with Crippen LogP contribution in [0.5, 0.6) is 0 Å². The number of aromatic amines is 3. The zero-order valence-corrected chi connectivity index (χ0v) is 37.7. The Balaban J connectivity index is 0.000000192. The lowest BCUT2D eigenvalue weighted by atomic mass is 10.0. The maximum atomic E-state index is 12.2. The van der Waals surface area contributed by atoms with Gasteiger partial charge in [0, 0.05) is 69.4 Å². The molecule has 0 spiro atoms. The SMILES string of the molecule is CC.CC.CC.CC(C)(C)OC(=O)N1CCc2c([nH]c3ccccc23)C1.[3H]n1c2c(c3ccccc31)CCN(C(=O)OC(C)(C)C)C2.[3H]n1c2c(c3ccccc31)CCNC2. The molecule has 3 aliphatic heterocycles. The molecule has 0 unspecified atom stereocenters. The van der Waals surface area contributed by atoms with Crippen LogP contribution in [0.2, 0.25) is 2.82 Å².